The fraction of sp³-hybridized carbons (Fsp3) is 0.346. The summed E-state index contributed by atoms with van der Waals surface area (Å²) in [5, 5.41) is 3.02. The fourth-order valence-electron chi connectivity index (χ4n) is 4.17. The van der Waals surface area contributed by atoms with Gasteiger partial charge in [-0.05, 0) is 49.4 Å². The molecule has 6 nitrogen and oxygen atoms in total. The van der Waals surface area contributed by atoms with Gasteiger partial charge in [0.25, 0.3) is 0 Å². The number of hydrogen-bond donors (Lipinski definition) is 1. The summed E-state index contributed by atoms with van der Waals surface area (Å²) >= 11 is 1.69. The van der Waals surface area contributed by atoms with Crippen LogP contribution in [0.25, 0.3) is 0 Å². The molecule has 0 spiro atoms. The van der Waals surface area contributed by atoms with Crippen molar-refractivity contribution in [1.82, 2.24) is 14.9 Å². The second-order valence-electron chi connectivity index (χ2n) is 8.17. The third-order valence-electron chi connectivity index (χ3n) is 5.95. The molecule has 0 aliphatic carbocycles. The number of anilines is 2. The van der Waals surface area contributed by atoms with E-state index in [1.165, 1.54) is 16.0 Å². The van der Waals surface area contributed by atoms with E-state index in [4.69, 9.17) is 9.97 Å². The number of urea groups is 1. The van der Waals surface area contributed by atoms with Crippen LogP contribution in [0.3, 0.4) is 0 Å². The zero-order chi connectivity index (χ0) is 23.2. The molecule has 1 saturated heterocycles. The SMILES string of the molecule is CCc1nc(C)nc(N2CCN(C(=O)Nc3ccc(SC)cc3)CC2)c1Cc1ccccc1. The molecule has 7 heteroatoms. The van der Waals surface area contributed by atoms with Crippen molar-refractivity contribution < 1.29 is 4.79 Å². The first kappa shape index (κ1) is 23.1. The number of amides is 2. The molecule has 0 saturated carbocycles. The van der Waals surface area contributed by atoms with Crippen molar-refractivity contribution in [3.8, 4) is 0 Å². The second-order valence-corrected chi connectivity index (χ2v) is 9.05. The number of aryl methyl sites for hydroxylation is 2. The Bertz CT molecular complexity index is 1080. The van der Waals surface area contributed by atoms with Crippen molar-refractivity contribution in [2.45, 2.75) is 31.6 Å². The van der Waals surface area contributed by atoms with Crippen LogP contribution in [0, 0.1) is 6.92 Å². The third-order valence-corrected chi connectivity index (χ3v) is 6.69. The molecule has 1 aromatic heterocycles. The number of carbonyl (C=O) groups is 1. The van der Waals surface area contributed by atoms with E-state index in [9.17, 15) is 4.79 Å². The minimum Gasteiger partial charge on any atom is -0.353 e. The van der Waals surface area contributed by atoms with Crippen LogP contribution in [-0.2, 0) is 12.8 Å². The van der Waals surface area contributed by atoms with E-state index in [1.54, 1.807) is 11.8 Å². The minimum absolute atomic E-state index is 0.0517. The van der Waals surface area contributed by atoms with E-state index < -0.39 is 0 Å². The highest BCUT2D eigenvalue weighted by Crippen LogP contribution is 2.26. The van der Waals surface area contributed by atoms with Crippen LogP contribution in [0.4, 0.5) is 16.3 Å². The molecular weight excluding hydrogens is 430 g/mol. The van der Waals surface area contributed by atoms with Crippen LogP contribution in [0.15, 0.2) is 59.5 Å². The second kappa shape index (κ2) is 10.7. The quantitative estimate of drug-likeness (QED) is 0.523. The first-order valence-electron chi connectivity index (χ1n) is 11.4. The number of rotatable bonds is 6. The molecule has 0 unspecified atom stereocenters. The molecule has 1 aliphatic heterocycles. The standard InChI is InChI=1S/C26H31N5OS/c1-4-24-23(18-20-8-6-5-7-9-20)25(28-19(2)27-24)30-14-16-31(17-15-30)26(32)29-21-10-12-22(33-3)13-11-21/h5-13H,4,14-18H2,1-3H3,(H,29,32). The van der Waals surface area contributed by atoms with E-state index in [2.05, 4.69) is 41.4 Å². The lowest BCUT2D eigenvalue weighted by atomic mass is 10.0. The number of benzene rings is 2. The topological polar surface area (TPSA) is 61.4 Å². The van der Waals surface area contributed by atoms with E-state index in [0.717, 1.165) is 49.0 Å². The Labute approximate surface area is 200 Å². The summed E-state index contributed by atoms with van der Waals surface area (Å²) in [4.78, 5) is 27.7. The number of hydrogen-bond acceptors (Lipinski definition) is 5. The van der Waals surface area contributed by atoms with Gasteiger partial charge in [0.15, 0.2) is 0 Å². The van der Waals surface area contributed by atoms with Gasteiger partial charge in [-0.1, -0.05) is 37.3 Å². The Morgan fingerprint density at radius 1 is 1.00 bits per heavy atom. The van der Waals surface area contributed by atoms with Crippen LogP contribution < -0.4 is 10.2 Å². The van der Waals surface area contributed by atoms with Crippen molar-refractivity contribution in [2.24, 2.45) is 0 Å². The number of aromatic nitrogens is 2. The molecule has 0 bridgehead atoms. The summed E-state index contributed by atoms with van der Waals surface area (Å²) in [6.07, 6.45) is 3.73. The number of piperazine rings is 1. The molecule has 2 aromatic carbocycles. The molecule has 2 heterocycles. The number of nitrogens with zero attached hydrogens (tertiary/aromatic N) is 4. The summed E-state index contributed by atoms with van der Waals surface area (Å²) in [6, 6.07) is 18.4. The minimum atomic E-state index is -0.0517. The number of thioether (sulfide) groups is 1. The highest BCUT2D eigenvalue weighted by atomic mass is 32.2. The average Bonchev–Trinajstić information content (AvgIpc) is 2.86. The van der Waals surface area contributed by atoms with Crippen LogP contribution in [0.1, 0.15) is 29.6 Å². The summed E-state index contributed by atoms with van der Waals surface area (Å²) in [5.74, 6) is 1.81. The van der Waals surface area contributed by atoms with Crippen molar-refractivity contribution >= 4 is 29.3 Å². The Balaban J connectivity index is 1.46. The lowest BCUT2D eigenvalue weighted by molar-refractivity contribution is 0.208. The summed E-state index contributed by atoms with van der Waals surface area (Å²) < 4.78 is 0. The van der Waals surface area contributed by atoms with Crippen molar-refractivity contribution in [3.05, 3.63) is 77.2 Å². The zero-order valence-corrected chi connectivity index (χ0v) is 20.4. The molecule has 3 aromatic rings. The van der Waals surface area contributed by atoms with Crippen LogP contribution in [0.5, 0.6) is 0 Å². The van der Waals surface area contributed by atoms with Gasteiger partial charge in [0.05, 0.1) is 0 Å². The monoisotopic (exact) mass is 461 g/mol. The molecule has 172 valence electrons. The van der Waals surface area contributed by atoms with E-state index >= 15 is 0 Å². The Morgan fingerprint density at radius 3 is 2.33 bits per heavy atom. The van der Waals surface area contributed by atoms with Crippen LogP contribution >= 0.6 is 11.8 Å². The lowest BCUT2D eigenvalue weighted by Crippen LogP contribution is -2.50. The molecule has 0 atom stereocenters. The molecular formula is C26H31N5OS. The number of carbonyl (C=O) groups excluding carboxylic acids is 1. The Hall–Kier alpha value is -3.06. The summed E-state index contributed by atoms with van der Waals surface area (Å²) in [6.45, 7) is 6.92. The summed E-state index contributed by atoms with van der Waals surface area (Å²) in [7, 11) is 0. The van der Waals surface area contributed by atoms with Gasteiger partial charge in [0.1, 0.15) is 11.6 Å². The predicted molar refractivity (Wildman–Crippen MR) is 136 cm³/mol. The highest BCUT2D eigenvalue weighted by molar-refractivity contribution is 7.98. The van der Waals surface area contributed by atoms with Crippen LogP contribution in [-0.4, -0.2) is 53.3 Å². The first-order chi connectivity index (χ1) is 16.1. The Kier molecular flexibility index (Phi) is 7.50. The van der Waals surface area contributed by atoms with E-state index in [0.29, 0.717) is 13.1 Å². The number of nitrogens with one attached hydrogen (secondary N) is 1. The molecule has 33 heavy (non-hydrogen) atoms. The molecule has 1 fully saturated rings. The van der Waals surface area contributed by atoms with Gasteiger partial charge < -0.3 is 15.1 Å². The van der Waals surface area contributed by atoms with Gasteiger partial charge in [-0.2, -0.15) is 0 Å². The molecule has 4 rings (SSSR count). The van der Waals surface area contributed by atoms with Crippen LogP contribution in [0.2, 0.25) is 0 Å². The lowest BCUT2D eigenvalue weighted by Gasteiger charge is -2.36. The highest BCUT2D eigenvalue weighted by Gasteiger charge is 2.25. The zero-order valence-electron chi connectivity index (χ0n) is 19.5. The van der Waals surface area contributed by atoms with Gasteiger partial charge in [-0.25, -0.2) is 14.8 Å². The van der Waals surface area contributed by atoms with Crippen molar-refractivity contribution in [1.29, 1.82) is 0 Å². The average molecular weight is 462 g/mol. The van der Waals surface area contributed by atoms with Crippen molar-refractivity contribution in [3.63, 3.8) is 0 Å². The van der Waals surface area contributed by atoms with Crippen molar-refractivity contribution in [2.75, 3.05) is 42.7 Å². The fourth-order valence-corrected chi connectivity index (χ4v) is 4.58. The third kappa shape index (κ3) is 5.66. The first-order valence-corrected chi connectivity index (χ1v) is 12.6. The molecule has 1 aliphatic rings. The van der Waals surface area contributed by atoms with E-state index in [-0.39, 0.29) is 6.03 Å². The van der Waals surface area contributed by atoms with Gasteiger partial charge >= 0.3 is 6.03 Å². The Morgan fingerprint density at radius 2 is 1.70 bits per heavy atom. The largest absolute Gasteiger partial charge is 0.353 e. The molecule has 1 N–H and O–H groups in total. The smallest absolute Gasteiger partial charge is 0.321 e. The van der Waals surface area contributed by atoms with Gasteiger partial charge in [0.2, 0.25) is 0 Å². The van der Waals surface area contributed by atoms with Gasteiger partial charge in [0, 0.05) is 54.4 Å². The molecule has 0 radical (unpaired) electrons. The summed E-state index contributed by atoms with van der Waals surface area (Å²) in [5.41, 5.74) is 4.38. The van der Waals surface area contributed by atoms with Gasteiger partial charge in [-0.15, -0.1) is 11.8 Å². The van der Waals surface area contributed by atoms with E-state index in [1.807, 2.05) is 48.4 Å². The normalized spacial score (nSPS) is 13.8. The molecule has 2 amide bonds. The maximum atomic E-state index is 12.8. The van der Waals surface area contributed by atoms with Gasteiger partial charge in [-0.3, -0.25) is 0 Å². The maximum absolute atomic E-state index is 12.8. The predicted octanol–water partition coefficient (Wildman–Crippen LogP) is 5.01. The maximum Gasteiger partial charge on any atom is 0.321 e.